The van der Waals surface area contributed by atoms with Crippen LogP contribution in [0.15, 0.2) is 40.6 Å². The minimum atomic E-state index is -3.71. The van der Waals surface area contributed by atoms with Crippen molar-refractivity contribution in [3.63, 3.8) is 0 Å². The zero-order valence-corrected chi connectivity index (χ0v) is 19.9. The lowest BCUT2D eigenvalue weighted by molar-refractivity contribution is -0.135. The standard InChI is InChI=1S/C21H22ClN3O3S3/c22-18-7-8-19(30-18)31(27,28)25-11-3-5-16(25)21(26)24-12-9-14(10-13-24)20-23-15-4-1-2-6-17(15)29-20/h1-2,4,6-8,14,16H,3,5,9-13H2. The maximum atomic E-state index is 13.3. The largest absolute Gasteiger partial charge is 0.341 e. The van der Waals surface area contributed by atoms with Crippen LogP contribution in [0.4, 0.5) is 0 Å². The van der Waals surface area contributed by atoms with Crippen LogP contribution < -0.4 is 0 Å². The Bertz CT molecular complexity index is 1180. The lowest BCUT2D eigenvalue weighted by Gasteiger charge is -2.34. The van der Waals surface area contributed by atoms with Crippen molar-refractivity contribution in [2.24, 2.45) is 0 Å². The first-order valence-corrected chi connectivity index (χ1v) is 13.8. The van der Waals surface area contributed by atoms with Gasteiger partial charge in [0.25, 0.3) is 10.0 Å². The molecule has 2 aliphatic heterocycles. The van der Waals surface area contributed by atoms with Crippen LogP contribution in [-0.4, -0.2) is 54.2 Å². The number of halogens is 1. The van der Waals surface area contributed by atoms with Crippen molar-refractivity contribution in [1.29, 1.82) is 0 Å². The van der Waals surface area contributed by atoms with Gasteiger partial charge in [-0.25, -0.2) is 13.4 Å². The summed E-state index contributed by atoms with van der Waals surface area (Å²) in [6.45, 7) is 1.64. The fourth-order valence-electron chi connectivity index (χ4n) is 4.45. The van der Waals surface area contributed by atoms with Crippen LogP contribution in [0.2, 0.25) is 4.34 Å². The Morgan fingerprint density at radius 2 is 1.81 bits per heavy atom. The molecule has 2 aliphatic rings. The molecule has 1 atom stereocenters. The third-order valence-corrected chi connectivity index (χ3v) is 10.9. The lowest BCUT2D eigenvalue weighted by atomic mass is 9.97. The molecule has 164 valence electrons. The van der Waals surface area contributed by atoms with Gasteiger partial charge in [0.05, 0.1) is 19.6 Å². The van der Waals surface area contributed by atoms with Crippen LogP contribution >= 0.6 is 34.3 Å². The van der Waals surface area contributed by atoms with Gasteiger partial charge in [0.2, 0.25) is 5.91 Å². The molecule has 1 amide bonds. The molecule has 6 nitrogen and oxygen atoms in total. The molecular formula is C21H22ClN3O3S3. The topological polar surface area (TPSA) is 70.6 Å². The van der Waals surface area contributed by atoms with E-state index in [9.17, 15) is 13.2 Å². The van der Waals surface area contributed by atoms with Crippen LogP contribution in [0.25, 0.3) is 10.2 Å². The molecule has 5 rings (SSSR count). The fourth-order valence-corrected chi connectivity index (χ4v) is 8.85. The molecule has 3 aromatic rings. The number of carbonyl (C=O) groups excluding carboxylic acids is 1. The molecular weight excluding hydrogens is 474 g/mol. The minimum absolute atomic E-state index is 0.0773. The molecule has 31 heavy (non-hydrogen) atoms. The second-order valence-corrected chi connectivity index (χ2v) is 12.8. The highest BCUT2D eigenvalue weighted by Crippen LogP contribution is 2.36. The number of piperidine rings is 1. The molecule has 10 heteroatoms. The van der Waals surface area contributed by atoms with Crippen LogP contribution in [0, 0.1) is 0 Å². The third kappa shape index (κ3) is 4.02. The van der Waals surface area contributed by atoms with Gasteiger partial charge in [-0.3, -0.25) is 4.79 Å². The Kier molecular flexibility index (Phi) is 5.81. The Morgan fingerprint density at radius 3 is 2.52 bits per heavy atom. The van der Waals surface area contributed by atoms with Gasteiger partial charge in [0.1, 0.15) is 10.3 Å². The molecule has 0 spiro atoms. The van der Waals surface area contributed by atoms with Crippen molar-refractivity contribution >= 4 is 60.4 Å². The Hall–Kier alpha value is -1.52. The summed E-state index contributed by atoms with van der Waals surface area (Å²) in [7, 11) is -3.71. The van der Waals surface area contributed by atoms with E-state index < -0.39 is 16.1 Å². The van der Waals surface area contributed by atoms with Crippen LogP contribution in [0.1, 0.15) is 36.6 Å². The number of thiophene rings is 1. The van der Waals surface area contributed by atoms with E-state index in [1.54, 1.807) is 17.4 Å². The number of hydrogen-bond donors (Lipinski definition) is 0. The predicted molar refractivity (Wildman–Crippen MR) is 124 cm³/mol. The van der Waals surface area contributed by atoms with Crippen molar-refractivity contribution in [3.05, 3.63) is 45.7 Å². The molecule has 1 unspecified atom stereocenters. The first-order chi connectivity index (χ1) is 14.9. The summed E-state index contributed by atoms with van der Waals surface area (Å²) in [6, 6.07) is 10.6. The fraction of sp³-hybridized carbons (Fsp3) is 0.429. The maximum absolute atomic E-state index is 13.3. The predicted octanol–water partition coefficient (Wildman–Crippen LogP) is 4.57. The van der Waals surface area contributed by atoms with E-state index in [1.165, 1.54) is 15.1 Å². The van der Waals surface area contributed by atoms with Crippen LogP contribution in [-0.2, 0) is 14.8 Å². The Labute approximate surface area is 194 Å². The van der Waals surface area contributed by atoms with Crippen molar-refractivity contribution < 1.29 is 13.2 Å². The molecule has 2 aromatic heterocycles. The van der Waals surface area contributed by atoms with Gasteiger partial charge < -0.3 is 4.90 Å². The molecule has 0 N–H and O–H groups in total. The first kappa shape index (κ1) is 21.3. The van der Waals surface area contributed by atoms with E-state index in [2.05, 4.69) is 6.07 Å². The summed E-state index contributed by atoms with van der Waals surface area (Å²) in [4.78, 5) is 19.9. The quantitative estimate of drug-likeness (QED) is 0.531. The van der Waals surface area contributed by atoms with Crippen LogP contribution in [0.5, 0.6) is 0 Å². The maximum Gasteiger partial charge on any atom is 0.253 e. The highest BCUT2D eigenvalue weighted by molar-refractivity contribution is 7.91. The molecule has 2 saturated heterocycles. The molecule has 4 heterocycles. The van der Waals surface area contributed by atoms with Gasteiger partial charge in [-0.15, -0.1) is 22.7 Å². The van der Waals surface area contributed by atoms with Crippen molar-refractivity contribution in [3.8, 4) is 0 Å². The summed E-state index contributed by atoms with van der Waals surface area (Å²) >= 11 is 8.71. The number of sulfonamides is 1. The molecule has 0 saturated carbocycles. The summed E-state index contributed by atoms with van der Waals surface area (Å²) < 4.78 is 29.3. The third-order valence-electron chi connectivity index (χ3n) is 6.07. The van der Waals surface area contributed by atoms with Gasteiger partial charge in [-0.1, -0.05) is 23.7 Å². The zero-order valence-electron chi connectivity index (χ0n) is 16.7. The van der Waals surface area contributed by atoms with E-state index in [1.807, 2.05) is 23.1 Å². The molecule has 0 radical (unpaired) electrons. The van der Waals surface area contributed by atoms with Gasteiger partial charge >= 0.3 is 0 Å². The molecule has 0 bridgehead atoms. The van der Waals surface area contributed by atoms with Crippen LogP contribution in [0.3, 0.4) is 0 Å². The number of rotatable bonds is 4. The zero-order chi connectivity index (χ0) is 21.6. The summed E-state index contributed by atoms with van der Waals surface area (Å²) in [5.74, 6) is 0.268. The Morgan fingerprint density at radius 1 is 1.03 bits per heavy atom. The van der Waals surface area contributed by atoms with Gasteiger partial charge in [-0.05, 0) is 49.9 Å². The van der Waals surface area contributed by atoms with E-state index in [4.69, 9.17) is 16.6 Å². The average molecular weight is 496 g/mol. The second kappa shape index (κ2) is 8.44. The number of fused-ring (bicyclic) bond motifs is 1. The number of carbonyl (C=O) groups is 1. The summed E-state index contributed by atoms with van der Waals surface area (Å²) in [6.07, 6.45) is 2.96. The van der Waals surface area contributed by atoms with Crippen molar-refractivity contribution in [2.75, 3.05) is 19.6 Å². The normalized spacial score (nSPS) is 21.2. The van der Waals surface area contributed by atoms with E-state index in [-0.39, 0.29) is 10.1 Å². The smallest absolute Gasteiger partial charge is 0.253 e. The number of likely N-dealkylation sites (tertiary alicyclic amines) is 1. The van der Waals surface area contributed by atoms with E-state index in [0.717, 1.165) is 34.7 Å². The van der Waals surface area contributed by atoms with Gasteiger partial charge in [0.15, 0.2) is 0 Å². The summed E-state index contributed by atoms with van der Waals surface area (Å²) in [5.41, 5.74) is 1.03. The average Bonchev–Trinajstić information content (AvgIpc) is 3.52. The molecule has 2 fully saturated rings. The molecule has 0 aliphatic carbocycles. The minimum Gasteiger partial charge on any atom is -0.341 e. The van der Waals surface area contributed by atoms with Gasteiger partial charge in [-0.2, -0.15) is 4.31 Å². The number of aromatic nitrogens is 1. The SMILES string of the molecule is O=C(C1CCCN1S(=O)(=O)c1ccc(Cl)s1)N1CCC(c2nc3ccccc3s2)CC1. The lowest BCUT2D eigenvalue weighted by Crippen LogP contribution is -2.49. The number of thiazole rings is 1. The number of hydrogen-bond acceptors (Lipinski definition) is 6. The second-order valence-electron chi connectivity index (χ2n) is 7.95. The van der Waals surface area contributed by atoms with Gasteiger partial charge in [0, 0.05) is 25.6 Å². The molecule has 1 aromatic carbocycles. The monoisotopic (exact) mass is 495 g/mol. The number of para-hydroxylation sites is 1. The summed E-state index contributed by atoms with van der Waals surface area (Å²) in [5, 5.41) is 1.13. The number of benzene rings is 1. The van der Waals surface area contributed by atoms with Crippen molar-refractivity contribution in [2.45, 2.75) is 41.9 Å². The van der Waals surface area contributed by atoms with Crippen molar-refractivity contribution in [1.82, 2.24) is 14.2 Å². The number of amides is 1. The highest BCUT2D eigenvalue weighted by atomic mass is 35.5. The Balaban J connectivity index is 1.27. The van der Waals surface area contributed by atoms with E-state index >= 15 is 0 Å². The number of nitrogens with zero attached hydrogens (tertiary/aromatic N) is 3. The first-order valence-electron chi connectivity index (χ1n) is 10.3. The van der Waals surface area contributed by atoms with E-state index in [0.29, 0.717) is 42.7 Å². The highest BCUT2D eigenvalue weighted by Gasteiger charge is 2.42.